The lowest BCUT2D eigenvalue weighted by Gasteiger charge is -2.45. The molecule has 0 atom stereocenters. The van der Waals surface area contributed by atoms with Crippen LogP contribution in [0.2, 0.25) is 0 Å². The summed E-state index contributed by atoms with van der Waals surface area (Å²) in [6, 6.07) is 8.45. The second-order valence-electron chi connectivity index (χ2n) is 14.7. The van der Waals surface area contributed by atoms with Crippen molar-refractivity contribution in [3.05, 3.63) is 95.2 Å². The van der Waals surface area contributed by atoms with E-state index in [-0.39, 0.29) is 22.5 Å². The summed E-state index contributed by atoms with van der Waals surface area (Å²) in [7, 11) is 0. The van der Waals surface area contributed by atoms with Gasteiger partial charge in [-0.2, -0.15) is 20.2 Å². The van der Waals surface area contributed by atoms with E-state index >= 15 is 0 Å². The molecule has 12 nitrogen and oxygen atoms in total. The van der Waals surface area contributed by atoms with Gasteiger partial charge < -0.3 is 14.0 Å². The van der Waals surface area contributed by atoms with E-state index in [2.05, 4.69) is 21.8 Å². The Morgan fingerprint density at radius 3 is 1.59 bits per heavy atom. The highest BCUT2D eigenvalue weighted by Crippen LogP contribution is 2.59. The van der Waals surface area contributed by atoms with E-state index in [1.807, 2.05) is 26.0 Å². The molecule has 1 aromatic carbocycles. The van der Waals surface area contributed by atoms with Gasteiger partial charge in [-0.15, -0.1) is 45.3 Å². The minimum Gasteiger partial charge on any atom is -0.465 e. The molecule has 2 saturated carbocycles. The molecule has 5 aromatic rings. The maximum absolute atomic E-state index is 13.5. The number of thiazole rings is 4. The zero-order valence-corrected chi connectivity index (χ0v) is 34.9. The van der Waals surface area contributed by atoms with Gasteiger partial charge in [-0.25, -0.2) is 9.97 Å². The number of benzene rings is 1. The molecule has 2 aliphatic carbocycles. The van der Waals surface area contributed by atoms with Gasteiger partial charge in [0.2, 0.25) is 11.8 Å². The van der Waals surface area contributed by atoms with Gasteiger partial charge in [-0.3, -0.25) is 14.2 Å². The van der Waals surface area contributed by atoms with Crippen LogP contribution in [0.4, 0.5) is 0 Å². The average molecular weight is 843 g/mol. The monoisotopic (exact) mass is 842 g/mol. The van der Waals surface area contributed by atoms with Crippen LogP contribution in [0, 0.1) is 35.8 Å². The average Bonchev–Trinajstić information content (AvgIpc) is 3.99. The highest BCUT2D eigenvalue weighted by molar-refractivity contribution is 7.17. The van der Waals surface area contributed by atoms with Crippen LogP contribution >= 0.6 is 45.3 Å². The molecule has 0 unspecified atom stereocenters. The van der Waals surface area contributed by atoms with Crippen LogP contribution in [0.15, 0.2) is 21.7 Å². The lowest BCUT2D eigenvalue weighted by molar-refractivity contribution is 0.0162. The first kappa shape index (κ1) is 37.9. The smallest absolute Gasteiger partial charge is 0.465 e. The van der Waals surface area contributed by atoms with Crippen molar-refractivity contribution >= 4 is 68.9 Å². The first-order valence-electron chi connectivity index (χ1n) is 19.3. The van der Waals surface area contributed by atoms with Gasteiger partial charge in [0.1, 0.15) is 51.2 Å². The lowest BCUT2D eigenvalue weighted by atomic mass is 9.71. The summed E-state index contributed by atoms with van der Waals surface area (Å²) in [5.74, 6) is 0.980. The van der Waals surface area contributed by atoms with Crippen molar-refractivity contribution in [1.82, 2.24) is 19.1 Å². The molecular weight excluding hydrogens is 809 g/mol. The third-order valence-corrected chi connectivity index (χ3v) is 15.8. The molecule has 6 heterocycles. The minimum absolute atomic E-state index is 0.0952. The first-order chi connectivity index (χ1) is 28.2. The van der Waals surface area contributed by atoms with Crippen molar-refractivity contribution in [2.75, 3.05) is 0 Å². The molecule has 2 fully saturated rings. The van der Waals surface area contributed by atoms with E-state index < -0.39 is 11.2 Å². The largest absolute Gasteiger partial charge is 0.553 e. The molecule has 2 spiro atoms. The normalized spacial score (nSPS) is 17.4. The SMILES string of the molecule is [C-]#[N+]C([N+]#[C-])=c1s/c(=C/c2nc3c(s2)-c2cc4c(cc2C2(CCCCC2)O3)-c2sc(/C=c3/sc(=C(C#N)C#N)n(CC)c3=O)nc2OC42CCCCC2)c(=O)n1CC. The molecule has 4 aromatic heterocycles. The molecule has 0 radical (unpaired) electrons. The predicted octanol–water partition coefficient (Wildman–Crippen LogP) is 6.28. The highest BCUT2D eigenvalue weighted by atomic mass is 32.1. The Kier molecular flexibility index (Phi) is 9.57. The van der Waals surface area contributed by atoms with Gasteiger partial charge in [0.05, 0.1) is 18.8 Å². The van der Waals surface area contributed by atoms with Crippen molar-refractivity contribution in [1.29, 1.82) is 10.5 Å². The van der Waals surface area contributed by atoms with Crippen molar-refractivity contribution in [2.24, 2.45) is 0 Å². The Bertz CT molecular complexity index is 2880. The molecule has 9 rings (SSSR count). The van der Waals surface area contributed by atoms with Crippen LogP contribution in [-0.4, -0.2) is 19.1 Å². The molecule has 2 aliphatic heterocycles. The summed E-state index contributed by atoms with van der Waals surface area (Å²) in [5, 5.41) is 20.4. The zero-order valence-electron chi connectivity index (χ0n) is 31.6. The van der Waals surface area contributed by atoms with Gasteiger partial charge in [0.25, 0.3) is 11.1 Å². The van der Waals surface area contributed by atoms with Crippen molar-refractivity contribution in [2.45, 2.75) is 102 Å². The van der Waals surface area contributed by atoms with Gasteiger partial charge >= 0.3 is 5.82 Å². The van der Waals surface area contributed by atoms with Crippen LogP contribution < -0.4 is 39.0 Å². The topological polar surface area (TPSA) is 145 Å². The van der Waals surface area contributed by atoms with Crippen molar-refractivity contribution < 1.29 is 9.47 Å². The number of hydrogen-bond acceptors (Lipinski definition) is 12. The Morgan fingerprint density at radius 2 is 1.17 bits per heavy atom. The maximum Gasteiger partial charge on any atom is 0.553 e. The third kappa shape index (κ3) is 5.89. The van der Waals surface area contributed by atoms with Gasteiger partial charge in [-0.05, 0) is 89.5 Å². The molecule has 0 bridgehead atoms. The van der Waals surface area contributed by atoms with Crippen molar-refractivity contribution in [3.8, 4) is 44.8 Å². The van der Waals surface area contributed by atoms with E-state index in [1.165, 1.54) is 31.8 Å². The number of nitrogens with zero attached hydrogens (tertiary/aromatic N) is 8. The molecule has 4 aliphatic rings. The summed E-state index contributed by atoms with van der Waals surface area (Å²) in [5.41, 5.74) is 2.54. The van der Waals surface area contributed by atoms with Crippen LogP contribution in [-0.2, 0) is 24.3 Å². The molecule has 0 N–H and O–H groups in total. The van der Waals surface area contributed by atoms with Gasteiger partial charge in [0, 0.05) is 35.3 Å². The fourth-order valence-electron chi connectivity index (χ4n) is 8.87. The van der Waals surface area contributed by atoms with Crippen LogP contribution in [0.3, 0.4) is 0 Å². The molecule has 0 amide bonds. The van der Waals surface area contributed by atoms with Crippen LogP contribution in [0.25, 0.3) is 54.1 Å². The van der Waals surface area contributed by atoms with Gasteiger partial charge in [-0.1, -0.05) is 12.8 Å². The van der Waals surface area contributed by atoms with E-state index in [4.69, 9.17) is 32.6 Å². The van der Waals surface area contributed by atoms with Crippen LogP contribution in [0.1, 0.15) is 99.2 Å². The minimum atomic E-state index is -0.591. The fourth-order valence-corrected chi connectivity index (χ4v) is 13.1. The Morgan fingerprint density at radius 1 is 0.741 bits per heavy atom. The molecule has 0 saturated heterocycles. The standard InChI is InChI=1S/C42H34N8O4S4/c1-5-49-37(51)28(55-39(49)23(21-43)22-44)19-30-47-35-32(57-30)24-17-27-25(18-26(24)41(53-35)13-9-7-10-14-41)33-36(54-42(27)15-11-8-12-16-42)48-31(58-33)20-29-38(52)50(6-2)40(56-29)34(45-3)46-4/h17-20H,5-16H2,1-2H3/b28-19+,29-20+. The fraction of sp³-hybridized carbons (Fsp3) is 0.381. The summed E-state index contributed by atoms with van der Waals surface area (Å²) in [6.07, 6.45) is 13.1. The van der Waals surface area contributed by atoms with Crippen LogP contribution in [0.5, 0.6) is 11.8 Å². The van der Waals surface area contributed by atoms with Gasteiger partial charge in [0.15, 0.2) is 10.2 Å². The van der Waals surface area contributed by atoms with E-state index in [0.29, 0.717) is 53.3 Å². The number of aromatic nitrogens is 4. The summed E-state index contributed by atoms with van der Waals surface area (Å²) in [4.78, 5) is 45.5. The molecule has 16 heteroatoms. The second-order valence-corrected chi connectivity index (χ2v) is 18.8. The number of ether oxygens (including phenoxy) is 2. The highest BCUT2D eigenvalue weighted by Gasteiger charge is 2.48. The third-order valence-electron chi connectivity index (χ3n) is 11.6. The molecule has 290 valence electrons. The summed E-state index contributed by atoms with van der Waals surface area (Å²) in [6.45, 7) is 19.3. The zero-order chi connectivity index (χ0) is 40.3. The van der Waals surface area contributed by atoms with E-state index in [1.54, 1.807) is 12.2 Å². The number of hydrogen-bond donors (Lipinski definition) is 0. The summed E-state index contributed by atoms with van der Waals surface area (Å²) >= 11 is 5.20. The Balaban J connectivity index is 1.24. The molecular formula is C42H34N8O4S4. The van der Waals surface area contributed by atoms with E-state index in [0.717, 1.165) is 119 Å². The maximum atomic E-state index is 13.5. The Labute approximate surface area is 348 Å². The summed E-state index contributed by atoms with van der Waals surface area (Å²) < 4.78 is 18.5. The number of rotatable bonds is 4. The quantitative estimate of drug-likeness (QED) is 0.192. The number of fused-ring (bicyclic) bond motifs is 8. The Hall–Kier alpha value is -5.62. The predicted molar refractivity (Wildman–Crippen MR) is 225 cm³/mol. The second kappa shape index (κ2) is 14.6. The van der Waals surface area contributed by atoms with Crippen molar-refractivity contribution in [3.63, 3.8) is 0 Å². The first-order valence-corrected chi connectivity index (χ1v) is 22.5. The van der Waals surface area contributed by atoms with E-state index in [9.17, 15) is 20.1 Å². The lowest BCUT2D eigenvalue weighted by Crippen LogP contribution is -2.40. The number of nitriles is 2. The molecule has 58 heavy (non-hydrogen) atoms.